The average molecular weight is 368 g/mol. The summed E-state index contributed by atoms with van der Waals surface area (Å²) in [5.74, 6) is 0.179. The number of amides is 1. The molecule has 1 saturated heterocycles. The zero-order chi connectivity index (χ0) is 18.5. The molecule has 0 unspecified atom stereocenters. The van der Waals surface area contributed by atoms with Gasteiger partial charge in [-0.1, -0.05) is 17.7 Å². The number of carbonyl (C=O) groups is 1. The van der Waals surface area contributed by atoms with Crippen molar-refractivity contribution in [2.45, 2.75) is 19.8 Å². The lowest BCUT2D eigenvalue weighted by atomic mass is 10.1. The molecule has 1 aromatic carbocycles. The Kier molecular flexibility index (Phi) is 5.49. The second kappa shape index (κ2) is 7.98. The molecule has 0 saturated carbocycles. The fraction of sp³-hybridized carbons (Fsp3) is 0.263. The van der Waals surface area contributed by atoms with Gasteiger partial charge in [0.25, 0.3) is 5.91 Å². The molecule has 1 aliphatic rings. The van der Waals surface area contributed by atoms with Crippen molar-refractivity contribution in [3.8, 4) is 6.07 Å². The minimum absolute atomic E-state index is 0.0260. The number of rotatable bonds is 4. The maximum atomic E-state index is 12.4. The van der Waals surface area contributed by atoms with Gasteiger partial charge >= 0.3 is 0 Å². The van der Waals surface area contributed by atoms with Gasteiger partial charge in [-0.3, -0.25) is 4.79 Å². The lowest BCUT2D eigenvalue weighted by molar-refractivity contribution is -0.112. The Bertz CT molecular complexity index is 880. The highest BCUT2D eigenvalue weighted by Gasteiger charge is 2.15. The highest BCUT2D eigenvalue weighted by molar-refractivity contribution is 6.31. The second-order valence-electron chi connectivity index (χ2n) is 6.05. The molecule has 2 aromatic rings. The van der Waals surface area contributed by atoms with Crippen LogP contribution in [0.1, 0.15) is 24.0 Å². The van der Waals surface area contributed by atoms with Gasteiger partial charge < -0.3 is 10.2 Å². The SMILES string of the molecule is Cc1c(Cl)cccc1NC(=O)/C(C#N)=C\c1cnc(N2CCCC2)nc1. The number of hydrogen-bond acceptors (Lipinski definition) is 5. The normalized spacial score (nSPS) is 14.2. The van der Waals surface area contributed by atoms with Crippen LogP contribution in [0.25, 0.3) is 6.08 Å². The van der Waals surface area contributed by atoms with Crippen molar-refractivity contribution in [3.05, 3.63) is 52.3 Å². The standard InChI is InChI=1S/C19H18ClN5O/c1-13-16(20)5-4-6-17(13)24-18(26)15(10-21)9-14-11-22-19(23-12-14)25-7-2-3-8-25/h4-6,9,11-12H,2-3,7-8H2,1H3,(H,24,26)/b15-9-. The quantitative estimate of drug-likeness (QED) is 0.659. The largest absolute Gasteiger partial charge is 0.341 e. The summed E-state index contributed by atoms with van der Waals surface area (Å²) in [6, 6.07) is 7.15. The van der Waals surface area contributed by atoms with Crippen LogP contribution in [-0.2, 0) is 4.79 Å². The zero-order valence-electron chi connectivity index (χ0n) is 14.4. The van der Waals surface area contributed by atoms with Gasteiger partial charge in [0.1, 0.15) is 11.6 Å². The molecule has 6 nitrogen and oxygen atoms in total. The third kappa shape index (κ3) is 4.01. The summed E-state index contributed by atoms with van der Waals surface area (Å²) in [7, 11) is 0. The Morgan fingerprint density at radius 3 is 2.65 bits per heavy atom. The van der Waals surface area contributed by atoms with Gasteiger partial charge in [-0.15, -0.1) is 0 Å². The summed E-state index contributed by atoms with van der Waals surface area (Å²) in [6.07, 6.45) is 7.01. The number of benzene rings is 1. The molecule has 1 aromatic heterocycles. The molecule has 0 bridgehead atoms. The molecule has 0 spiro atoms. The number of carbonyl (C=O) groups excluding carboxylic acids is 1. The van der Waals surface area contributed by atoms with E-state index in [9.17, 15) is 10.1 Å². The van der Waals surface area contributed by atoms with Crippen LogP contribution in [0.4, 0.5) is 11.6 Å². The van der Waals surface area contributed by atoms with E-state index < -0.39 is 5.91 Å². The van der Waals surface area contributed by atoms with E-state index in [0.29, 0.717) is 22.2 Å². The first-order valence-electron chi connectivity index (χ1n) is 8.34. The molecule has 1 N–H and O–H groups in total. The lowest BCUT2D eigenvalue weighted by Gasteiger charge is -2.14. The van der Waals surface area contributed by atoms with Gasteiger partial charge in [-0.25, -0.2) is 9.97 Å². The number of hydrogen-bond donors (Lipinski definition) is 1. The van der Waals surface area contributed by atoms with E-state index in [1.54, 1.807) is 37.5 Å². The van der Waals surface area contributed by atoms with Crippen LogP contribution < -0.4 is 10.2 Å². The molecule has 3 rings (SSSR count). The molecule has 2 heterocycles. The van der Waals surface area contributed by atoms with E-state index in [2.05, 4.69) is 20.2 Å². The highest BCUT2D eigenvalue weighted by Crippen LogP contribution is 2.23. The first kappa shape index (κ1) is 17.9. The van der Waals surface area contributed by atoms with Crippen molar-refractivity contribution < 1.29 is 4.79 Å². The molecular weight excluding hydrogens is 350 g/mol. The van der Waals surface area contributed by atoms with Crippen LogP contribution in [0, 0.1) is 18.3 Å². The minimum atomic E-state index is -0.499. The number of aromatic nitrogens is 2. The molecule has 0 aliphatic carbocycles. The van der Waals surface area contributed by atoms with Crippen molar-refractivity contribution in [2.75, 3.05) is 23.3 Å². The average Bonchev–Trinajstić information content (AvgIpc) is 3.18. The van der Waals surface area contributed by atoms with Crippen molar-refractivity contribution in [2.24, 2.45) is 0 Å². The maximum absolute atomic E-state index is 12.4. The number of halogens is 1. The number of anilines is 2. The summed E-state index contributed by atoms with van der Waals surface area (Å²) in [5.41, 5.74) is 1.90. The van der Waals surface area contributed by atoms with Gasteiger partial charge in [-0.2, -0.15) is 5.26 Å². The summed E-state index contributed by atoms with van der Waals surface area (Å²) in [5, 5.41) is 12.6. The van der Waals surface area contributed by atoms with E-state index in [0.717, 1.165) is 31.5 Å². The predicted molar refractivity (Wildman–Crippen MR) is 102 cm³/mol. The molecule has 0 atom stereocenters. The number of nitrogens with one attached hydrogen (secondary N) is 1. The predicted octanol–water partition coefficient (Wildman–Crippen LogP) is 3.58. The summed E-state index contributed by atoms with van der Waals surface area (Å²) < 4.78 is 0. The molecule has 26 heavy (non-hydrogen) atoms. The molecule has 132 valence electrons. The van der Waals surface area contributed by atoms with Gasteiger partial charge in [0.05, 0.1) is 0 Å². The van der Waals surface area contributed by atoms with E-state index in [4.69, 9.17) is 11.6 Å². The third-order valence-corrected chi connectivity index (χ3v) is 4.65. The number of nitriles is 1. The Hall–Kier alpha value is -2.91. The van der Waals surface area contributed by atoms with E-state index >= 15 is 0 Å². The fourth-order valence-corrected chi connectivity index (χ4v) is 2.91. The summed E-state index contributed by atoms with van der Waals surface area (Å²) in [4.78, 5) is 23.2. The Morgan fingerprint density at radius 1 is 1.31 bits per heavy atom. The van der Waals surface area contributed by atoms with Crippen LogP contribution in [0.5, 0.6) is 0 Å². The highest BCUT2D eigenvalue weighted by atomic mass is 35.5. The molecular formula is C19H18ClN5O. The smallest absolute Gasteiger partial charge is 0.266 e. The Morgan fingerprint density at radius 2 is 2.00 bits per heavy atom. The Labute approximate surface area is 157 Å². The summed E-state index contributed by atoms with van der Waals surface area (Å²) in [6.45, 7) is 3.72. The fourth-order valence-electron chi connectivity index (χ4n) is 2.73. The van der Waals surface area contributed by atoms with Crippen molar-refractivity contribution in [1.29, 1.82) is 5.26 Å². The first-order chi connectivity index (χ1) is 12.6. The van der Waals surface area contributed by atoms with E-state index in [1.165, 1.54) is 6.08 Å². The van der Waals surface area contributed by atoms with Crippen LogP contribution in [0.3, 0.4) is 0 Å². The first-order valence-corrected chi connectivity index (χ1v) is 8.71. The van der Waals surface area contributed by atoms with Crippen molar-refractivity contribution in [1.82, 2.24) is 9.97 Å². The van der Waals surface area contributed by atoms with Crippen molar-refractivity contribution in [3.63, 3.8) is 0 Å². The minimum Gasteiger partial charge on any atom is -0.341 e. The van der Waals surface area contributed by atoms with E-state index in [1.807, 2.05) is 6.07 Å². The maximum Gasteiger partial charge on any atom is 0.266 e. The van der Waals surface area contributed by atoms with Gasteiger partial charge in [0.15, 0.2) is 0 Å². The van der Waals surface area contributed by atoms with Gasteiger partial charge in [0.2, 0.25) is 5.95 Å². The second-order valence-corrected chi connectivity index (χ2v) is 6.45. The summed E-state index contributed by atoms with van der Waals surface area (Å²) >= 11 is 6.06. The molecule has 1 amide bonds. The zero-order valence-corrected chi connectivity index (χ0v) is 15.1. The van der Waals surface area contributed by atoms with Crippen molar-refractivity contribution >= 4 is 35.2 Å². The van der Waals surface area contributed by atoms with Crippen LogP contribution in [-0.4, -0.2) is 29.0 Å². The number of nitrogens with zero attached hydrogens (tertiary/aromatic N) is 4. The Balaban J connectivity index is 1.76. The molecule has 1 fully saturated rings. The van der Waals surface area contributed by atoms with Crippen LogP contribution >= 0.6 is 11.6 Å². The van der Waals surface area contributed by atoms with Crippen LogP contribution in [0.2, 0.25) is 5.02 Å². The third-order valence-electron chi connectivity index (χ3n) is 4.24. The van der Waals surface area contributed by atoms with Crippen LogP contribution in [0.15, 0.2) is 36.2 Å². The van der Waals surface area contributed by atoms with Gasteiger partial charge in [0, 0.05) is 41.8 Å². The van der Waals surface area contributed by atoms with E-state index in [-0.39, 0.29) is 5.57 Å². The molecule has 0 radical (unpaired) electrons. The van der Waals surface area contributed by atoms with Gasteiger partial charge in [-0.05, 0) is 43.5 Å². The molecule has 7 heteroatoms. The lowest BCUT2D eigenvalue weighted by Crippen LogP contribution is -2.20. The monoisotopic (exact) mass is 367 g/mol. The molecule has 1 aliphatic heterocycles. The topological polar surface area (TPSA) is 81.9 Å².